The molecule has 9 nitrogen and oxygen atoms in total. The summed E-state index contributed by atoms with van der Waals surface area (Å²) in [6.45, 7) is 4.14. The largest absolute Gasteiger partial charge is 0.493 e. The van der Waals surface area contributed by atoms with Gasteiger partial charge >= 0.3 is 0 Å². The van der Waals surface area contributed by atoms with E-state index in [1.165, 1.54) is 52.3 Å². The van der Waals surface area contributed by atoms with E-state index in [9.17, 15) is 22.8 Å². The molecule has 0 saturated heterocycles. The van der Waals surface area contributed by atoms with E-state index in [0.717, 1.165) is 4.57 Å². The Kier molecular flexibility index (Phi) is 7.45. The number of hydrogen-bond donors (Lipinski definition) is 1. The lowest BCUT2D eigenvalue weighted by atomic mass is 10.1. The molecule has 0 spiro atoms. The van der Waals surface area contributed by atoms with Crippen LogP contribution in [0.15, 0.2) is 63.1 Å². The number of benzene rings is 2. The number of aromatic nitrogens is 1. The van der Waals surface area contributed by atoms with Gasteiger partial charge in [-0.1, -0.05) is 12.1 Å². The van der Waals surface area contributed by atoms with Crippen LogP contribution < -0.4 is 20.3 Å². The summed E-state index contributed by atoms with van der Waals surface area (Å²) in [5, 5.41) is 2.64. The number of rotatable bonds is 8. The van der Waals surface area contributed by atoms with Gasteiger partial charge in [0.2, 0.25) is 15.7 Å². The van der Waals surface area contributed by atoms with Crippen LogP contribution in [-0.2, 0) is 21.2 Å². The molecular weight excluding hydrogens is 472 g/mol. The minimum atomic E-state index is -4.25. The minimum Gasteiger partial charge on any atom is -0.493 e. The number of nitrogens with one attached hydrogen (secondary N) is 1. The summed E-state index contributed by atoms with van der Waals surface area (Å²) >= 11 is 0. The molecule has 2 aromatic carbocycles. The number of methoxy groups -OCH3 is 2. The van der Waals surface area contributed by atoms with Crippen LogP contribution in [0.2, 0.25) is 0 Å². The highest BCUT2D eigenvalue weighted by Crippen LogP contribution is 2.32. The first kappa shape index (κ1) is 25.7. The standard InChI is InChI=1S/C25H26N2O7S/c1-15-11-16(2)27(14-23(29)26-19-8-6-7-18(12-19)17(3)28)25(30)24(15)35(31,32)20-9-10-21(33-4)22(13-20)34-5/h6-13H,14H2,1-5H3,(H,26,29). The van der Waals surface area contributed by atoms with Gasteiger partial charge in [0, 0.05) is 23.0 Å². The fourth-order valence-electron chi connectivity index (χ4n) is 3.69. The first-order valence-corrected chi connectivity index (χ1v) is 12.1. The second kappa shape index (κ2) is 10.1. The molecule has 0 fully saturated rings. The van der Waals surface area contributed by atoms with Gasteiger partial charge in [-0.15, -0.1) is 0 Å². The monoisotopic (exact) mass is 498 g/mol. The van der Waals surface area contributed by atoms with Crippen molar-refractivity contribution in [1.82, 2.24) is 4.57 Å². The Hall–Kier alpha value is -3.92. The molecule has 3 rings (SSSR count). The third kappa shape index (κ3) is 5.27. The number of carbonyl (C=O) groups excluding carboxylic acids is 2. The quantitative estimate of drug-likeness (QED) is 0.474. The van der Waals surface area contributed by atoms with Gasteiger partial charge < -0.3 is 19.4 Å². The molecule has 1 amide bonds. The first-order valence-electron chi connectivity index (χ1n) is 10.6. The fraction of sp³-hybridized carbons (Fsp3) is 0.240. The van der Waals surface area contributed by atoms with Crippen molar-refractivity contribution >= 4 is 27.2 Å². The number of carbonyl (C=O) groups is 2. The Morgan fingerprint density at radius 1 is 0.971 bits per heavy atom. The number of pyridine rings is 1. The predicted molar refractivity (Wildman–Crippen MR) is 130 cm³/mol. The van der Waals surface area contributed by atoms with E-state index in [0.29, 0.717) is 22.7 Å². The molecule has 0 aliphatic carbocycles. The number of amides is 1. The number of hydrogen-bond acceptors (Lipinski definition) is 7. The summed E-state index contributed by atoms with van der Waals surface area (Å²) in [5.41, 5.74) is 0.679. The molecule has 1 N–H and O–H groups in total. The Morgan fingerprint density at radius 3 is 2.29 bits per heavy atom. The highest BCUT2D eigenvalue weighted by molar-refractivity contribution is 7.91. The van der Waals surface area contributed by atoms with Crippen LogP contribution in [0, 0.1) is 13.8 Å². The van der Waals surface area contributed by atoms with Crippen LogP contribution in [0.25, 0.3) is 0 Å². The van der Waals surface area contributed by atoms with Gasteiger partial charge in [0.05, 0.1) is 19.1 Å². The number of aryl methyl sites for hydroxylation is 2. The van der Waals surface area contributed by atoms with Crippen molar-refractivity contribution in [3.63, 3.8) is 0 Å². The van der Waals surface area contributed by atoms with Crippen LogP contribution in [-0.4, -0.2) is 38.9 Å². The van der Waals surface area contributed by atoms with E-state index in [1.54, 1.807) is 31.2 Å². The van der Waals surface area contributed by atoms with Gasteiger partial charge in [-0.3, -0.25) is 14.4 Å². The van der Waals surface area contributed by atoms with Crippen molar-refractivity contribution in [1.29, 1.82) is 0 Å². The third-order valence-electron chi connectivity index (χ3n) is 5.44. The first-order chi connectivity index (χ1) is 16.5. The normalized spacial score (nSPS) is 11.1. The SMILES string of the molecule is COc1ccc(S(=O)(=O)c2c(C)cc(C)n(CC(=O)Nc3cccc(C(C)=O)c3)c2=O)cc1OC. The van der Waals surface area contributed by atoms with E-state index in [-0.39, 0.29) is 22.0 Å². The Morgan fingerprint density at radius 2 is 1.66 bits per heavy atom. The molecule has 0 unspecified atom stereocenters. The van der Waals surface area contributed by atoms with Crippen molar-refractivity contribution in [2.45, 2.75) is 37.1 Å². The maximum absolute atomic E-state index is 13.4. The average molecular weight is 499 g/mol. The molecule has 0 radical (unpaired) electrons. The minimum absolute atomic E-state index is 0.142. The highest BCUT2D eigenvalue weighted by atomic mass is 32.2. The van der Waals surface area contributed by atoms with Gasteiger partial charge in [0.15, 0.2) is 17.3 Å². The fourth-order valence-corrected chi connectivity index (χ4v) is 5.26. The van der Waals surface area contributed by atoms with Crippen molar-refractivity contribution in [3.05, 3.63) is 75.7 Å². The molecule has 0 aliphatic rings. The number of Topliss-reactive ketones (excluding diaryl/α,β-unsaturated/α-hetero) is 1. The average Bonchev–Trinajstić information content (AvgIpc) is 2.81. The van der Waals surface area contributed by atoms with Crippen molar-refractivity contribution < 1.29 is 27.5 Å². The van der Waals surface area contributed by atoms with Crippen LogP contribution >= 0.6 is 0 Å². The topological polar surface area (TPSA) is 121 Å². The molecule has 1 heterocycles. The van der Waals surface area contributed by atoms with Crippen LogP contribution in [0.5, 0.6) is 11.5 Å². The van der Waals surface area contributed by atoms with Gasteiger partial charge in [0.1, 0.15) is 11.4 Å². The number of ether oxygens (including phenoxy) is 2. The molecule has 0 aliphatic heterocycles. The molecular formula is C25H26N2O7S. The molecule has 0 saturated carbocycles. The number of ketones is 1. The van der Waals surface area contributed by atoms with Crippen LogP contribution in [0.3, 0.4) is 0 Å². The summed E-state index contributed by atoms with van der Waals surface area (Å²) in [5.74, 6) is -0.160. The molecule has 35 heavy (non-hydrogen) atoms. The zero-order valence-electron chi connectivity index (χ0n) is 20.0. The van der Waals surface area contributed by atoms with E-state index in [2.05, 4.69) is 5.32 Å². The van der Waals surface area contributed by atoms with E-state index < -0.39 is 32.7 Å². The maximum Gasteiger partial charge on any atom is 0.270 e. The summed E-state index contributed by atoms with van der Waals surface area (Å²) in [4.78, 5) is 37.1. The Labute approximate surface area is 203 Å². The highest BCUT2D eigenvalue weighted by Gasteiger charge is 2.27. The second-order valence-electron chi connectivity index (χ2n) is 7.89. The van der Waals surface area contributed by atoms with Crippen LogP contribution in [0.1, 0.15) is 28.5 Å². The molecule has 3 aromatic rings. The van der Waals surface area contributed by atoms with Crippen molar-refractivity contribution in [2.24, 2.45) is 0 Å². The van der Waals surface area contributed by atoms with Gasteiger partial charge in [0.25, 0.3) is 5.56 Å². The molecule has 0 atom stereocenters. The van der Waals surface area contributed by atoms with Gasteiger partial charge in [-0.2, -0.15) is 0 Å². The van der Waals surface area contributed by atoms with E-state index in [1.807, 2.05) is 0 Å². The Bertz CT molecular complexity index is 1470. The molecule has 10 heteroatoms. The lowest BCUT2D eigenvalue weighted by Gasteiger charge is -2.16. The van der Waals surface area contributed by atoms with Crippen molar-refractivity contribution in [2.75, 3.05) is 19.5 Å². The zero-order valence-corrected chi connectivity index (χ0v) is 20.9. The maximum atomic E-state index is 13.4. The third-order valence-corrected chi connectivity index (χ3v) is 7.35. The van der Waals surface area contributed by atoms with E-state index in [4.69, 9.17) is 9.47 Å². The number of sulfone groups is 1. The lowest BCUT2D eigenvalue weighted by molar-refractivity contribution is -0.116. The van der Waals surface area contributed by atoms with E-state index >= 15 is 0 Å². The second-order valence-corrected chi connectivity index (χ2v) is 9.78. The predicted octanol–water partition coefficient (Wildman–Crippen LogP) is 3.16. The van der Waals surface area contributed by atoms with Crippen molar-refractivity contribution in [3.8, 4) is 11.5 Å². The zero-order chi connectivity index (χ0) is 25.9. The summed E-state index contributed by atoms with van der Waals surface area (Å²) in [7, 11) is -1.44. The van der Waals surface area contributed by atoms with Crippen LogP contribution in [0.4, 0.5) is 5.69 Å². The van der Waals surface area contributed by atoms with Gasteiger partial charge in [-0.05, 0) is 56.7 Å². The summed E-state index contributed by atoms with van der Waals surface area (Å²) in [6, 6.07) is 12.0. The smallest absolute Gasteiger partial charge is 0.270 e. The number of anilines is 1. The van der Waals surface area contributed by atoms with Gasteiger partial charge in [-0.25, -0.2) is 8.42 Å². The lowest BCUT2D eigenvalue weighted by Crippen LogP contribution is -2.33. The molecule has 0 bridgehead atoms. The molecule has 184 valence electrons. The summed E-state index contributed by atoms with van der Waals surface area (Å²) < 4.78 is 38.3. The Balaban J connectivity index is 2.00. The number of nitrogens with zero attached hydrogens (tertiary/aromatic N) is 1. The molecule has 1 aromatic heterocycles. The summed E-state index contributed by atoms with van der Waals surface area (Å²) in [6.07, 6.45) is 0.